The largest absolute Gasteiger partial charge is 0.343 e. The van der Waals surface area contributed by atoms with Crippen LogP contribution in [-0.4, -0.2) is 25.9 Å². The molecule has 146 valence electrons. The second-order valence-electron chi connectivity index (χ2n) is 6.12. The predicted octanol–water partition coefficient (Wildman–Crippen LogP) is 4.35. The summed E-state index contributed by atoms with van der Waals surface area (Å²) in [5.74, 6) is -0.307. The molecular weight excluding hydrogens is 442 g/mol. The van der Waals surface area contributed by atoms with Crippen LogP contribution in [0.1, 0.15) is 17.4 Å². The van der Waals surface area contributed by atoms with Gasteiger partial charge < -0.3 is 9.88 Å². The highest BCUT2D eigenvalue weighted by molar-refractivity contribution is 9.10. The van der Waals surface area contributed by atoms with Gasteiger partial charge in [-0.2, -0.15) is 0 Å². The Bertz CT molecular complexity index is 1090. The molecule has 28 heavy (non-hydrogen) atoms. The van der Waals surface area contributed by atoms with E-state index in [0.717, 1.165) is 4.47 Å². The first kappa shape index (κ1) is 20.2. The summed E-state index contributed by atoms with van der Waals surface area (Å²) in [5, 5.41) is 2.77. The lowest BCUT2D eigenvalue weighted by Gasteiger charge is -2.20. The number of nitrogens with zero attached hydrogens (tertiary/aromatic N) is 2. The average Bonchev–Trinajstić information content (AvgIpc) is 3.09. The van der Waals surface area contributed by atoms with Gasteiger partial charge in [0.2, 0.25) is 0 Å². The number of hydrogen-bond acceptors (Lipinski definition) is 3. The monoisotopic (exact) mass is 461 g/mol. The van der Waals surface area contributed by atoms with Crippen LogP contribution in [0.2, 0.25) is 0 Å². The molecule has 0 bridgehead atoms. The molecule has 0 saturated carbocycles. The molecule has 0 unspecified atom stereocenters. The van der Waals surface area contributed by atoms with Crippen LogP contribution in [0, 0.1) is 0 Å². The highest BCUT2D eigenvalue weighted by Crippen LogP contribution is 2.24. The van der Waals surface area contributed by atoms with E-state index in [2.05, 4.69) is 21.2 Å². The van der Waals surface area contributed by atoms with Crippen molar-refractivity contribution in [1.29, 1.82) is 0 Å². The van der Waals surface area contributed by atoms with Gasteiger partial charge in [-0.05, 0) is 59.3 Å². The van der Waals surface area contributed by atoms with E-state index in [-0.39, 0.29) is 10.8 Å². The fourth-order valence-electron chi connectivity index (χ4n) is 2.79. The number of carbonyl (C=O) groups is 1. The number of benzene rings is 2. The summed E-state index contributed by atoms with van der Waals surface area (Å²) in [5.41, 5.74) is 1.46. The van der Waals surface area contributed by atoms with Gasteiger partial charge in [0.15, 0.2) is 0 Å². The van der Waals surface area contributed by atoms with E-state index in [4.69, 9.17) is 0 Å². The van der Waals surface area contributed by atoms with Crippen LogP contribution in [-0.2, 0) is 16.6 Å². The normalized spacial score (nSPS) is 11.2. The molecule has 3 rings (SSSR count). The van der Waals surface area contributed by atoms with Crippen molar-refractivity contribution in [3.8, 4) is 0 Å². The quantitative estimate of drug-likeness (QED) is 0.592. The lowest BCUT2D eigenvalue weighted by atomic mass is 10.3. The number of rotatable bonds is 6. The third kappa shape index (κ3) is 4.13. The zero-order valence-electron chi connectivity index (χ0n) is 15.5. The Morgan fingerprint density at radius 2 is 1.82 bits per heavy atom. The molecule has 0 spiro atoms. The van der Waals surface area contributed by atoms with E-state index in [0.29, 0.717) is 23.6 Å². The number of nitrogens with one attached hydrogen (secondary N) is 1. The SMILES string of the molecule is CCn1cc(Br)cc1C(=O)Nc1cccc(S(=O)(=O)N(C)c2ccccc2)c1. The van der Waals surface area contributed by atoms with Crippen molar-refractivity contribution in [2.45, 2.75) is 18.4 Å². The number of halogens is 1. The molecule has 0 aliphatic carbocycles. The van der Waals surface area contributed by atoms with Gasteiger partial charge in [-0.1, -0.05) is 24.3 Å². The number of aromatic nitrogens is 1. The highest BCUT2D eigenvalue weighted by Gasteiger charge is 2.22. The Hall–Kier alpha value is -2.58. The zero-order chi connectivity index (χ0) is 20.3. The molecule has 8 heteroatoms. The Balaban J connectivity index is 1.87. The number of para-hydroxylation sites is 1. The van der Waals surface area contributed by atoms with Crippen LogP contribution in [0.25, 0.3) is 0 Å². The Morgan fingerprint density at radius 1 is 1.11 bits per heavy atom. The minimum absolute atomic E-state index is 0.101. The summed E-state index contributed by atoms with van der Waals surface area (Å²) < 4.78 is 29.7. The molecule has 1 N–H and O–H groups in total. The Morgan fingerprint density at radius 3 is 2.50 bits per heavy atom. The third-order valence-electron chi connectivity index (χ3n) is 4.31. The van der Waals surface area contributed by atoms with Crippen molar-refractivity contribution in [2.75, 3.05) is 16.7 Å². The van der Waals surface area contributed by atoms with Crippen LogP contribution in [0.5, 0.6) is 0 Å². The molecule has 2 aromatic carbocycles. The summed E-state index contributed by atoms with van der Waals surface area (Å²) in [6.07, 6.45) is 1.82. The summed E-state index contributed by atoms with van der Waals surface area (Å²) in [6, 6.07) is 16.8. The van der Waals surface area contributed by atoms with Gasteiger partial charge in [-0.15, -0.1) is 0 Å². The van der Waals surface area contributed by atoms with Gasteiger partial charge in [0.1, 0.15) is 5.69 Å². The second-order valence-corrected chi connectivity index (χ2v) is 9.00. The van der Waals surface area contributed by atoms with E-state index < -0.39 is 10.0 Å². The second kappa shape index (κ2) is 8.20. The first-order valence-electron chi connectivity index (χ1n) is 8.64. The van der Waals surface area contributed by atoms with E-state index in [1.807, 2.05) is 23.8 Å². The maximum atomic E-state index is 12.9. The summed E-state index contributed by atoms with van der Waals surface area (Å²) in [7, 11) is -2.25. The van der Waals surface area contributed by atoms with Crippen molar-refractivity contribution < 1.29 is 13.2 Å². The predicted molar refractivity (Wildman–Crippen MR) is 114 cm³/mol. The molecule has 0 radical (unpaired) electrons. The van der Waals surface area contributed by atoms with Crippen LogP contribution >= 0.6 is 15.9 Å². The lowest BCUT2D eigenvalue weighted by Crippen LogP contribution is -2.26. The molecule has 1 aromatic heterocycles. The molecule has 0 fully saturated rings. The van der Waals surface area contributed by atoms with Gasteiger partial charge in [0.25, 0.3) is 15.9 Å². The molecule has 0 atom stereocenters. The minimum atomic E-state index is -3.75. The van der Waals surface area contributed by atoms with Gasteiger partial charge >= 0.3 is 0 Å². The zero-order valence-corrected chi connectivity index (χ0v) is 17.9. The number of anilines is 2. The highest BCUT2D eigenvalue weighted by atomic mass is 79.9. The molecule has 3 aromatic rings. The lowest BCUT2D eigenvalue weighted by molar-refractivity contribution is 0.101. The van der Waals surface area contributed by atoms with Crippen LogP contribution in [0.15, 0.2) is 76.2 Å². The Labute approximate surface area is 173 Å². The third-order valence-corrected chi connectivity index (χ3v) is 6.52. The maximum Gasteiger partial charge on any atom is 0.272 e. The van der Waals surface area contributed by atoms with E-state index in [1.165, 1.54) is 23.5 Å². The molecular formula is C20H20BrN3O3S. The average molecular weight is 462 g/mol. The number of amides is 1. The van der Waals surface area contributed by atoms with Crippen molar-refractivity contribution in [1.82, 2.24) is 4.57 Å². The topological polar surface area (TPSA) is 71.4 Å². The smallest absolute Gasteiger partial charge is 0.272 e. The standard InChI is InChI=1S/C20H20BrN3O3S/c1-3-24-14-15(21)12-19(24)20(25)22-16-8-7-11-18(13-16)28(26,27)23(2)17-9-5-4-6-10-17/h4-14H,3H2,1-2H3,(H,22,25). The first-order valence-corrected chi connectivity index (χ1v) is 10.9. The molecule has 0 aliphatic heterocycles. The molecule has 1 amide bonds. The minimum Gasteiger partial charge on any atom is -0.343 e. The van der Waals surface area contributed by atoms with Crippen LogP contribution in [0.4, 0.5) is 11.4 Å². The fraction of sp³-hybridized carbons (Fsp3) is 0.150. The van der Waals surface area contributed by atoms with Crippen LogP contribution < -0.4 is 9.62 Å². The first-order chi connectivity index (χ1) is 13.3. The number of hydrogen-bond donors (Lipinski definition) is 1. The van der Waals surface area contributed by atoms with E-state index in [1.54, 1.807) is 42.5 Å². The van der Waals surface area contributed by atoms with E-state index in [9.17, 15) is 13.2 Å². The van der Waals surface area contributed by atoms with Crippen molar-refractivity contribution in [2.24, 2.45) is 0 Å². The molecule has 0 saturated heterocycles. The fourth-order valence-corrected chi connectivity index (χ4v) is 4.50. The summed E-state index contributed by atoms with van der Waals surface area (Å²) in [4.78, 5) is 12.7. The van der Waals surface area contributed by atoms with Gasteiger partial charge in [0.05, 0.1) is 10.6 Å². The number of carbonyl (C=O) groups excluding carboxylic acids is 1. The summed E-state index contributed by atoms with van der Waals surface area (Å²) >= 11 is 3.37. The van der Waals surface area contributed by atoms with Gasteiger partial charge in [0, 0.05) is 29.9 Å². The maximum absolute atomic E-state index is 12.9. The van der Waals surface area contributed by atoms with Gasteiger partial charge in [-0.3, -0.25) is 9.10 Å². The molecule has 6 nitrogen and oxygen atoms in total. The van der Waals surface area contributed by atoms with Crippen LogP contribution in [0.3, 0.4) is 0 Å². The van der Waals surface area contributed by atoms with Gasteiger partial charge in [-0.25, -0.2) is 8.42 Å². The van der Waals surface area contributed by atoms with Crippen molar-refractivity contribution in [3.05, 3.63) is 77.0 Å². The summed E-state index contributed by atoms with van der Waals surface area (Å²) in [6.45, 7) is 2.58. The van der Waals surface area contributed by atoms with Crippen molar-refractivity contribution in [3.63, 3.8) is 0 Å². The van der Waals surface area contributed by atoms with Crippen molar-refractivity contribution >= 4 is 43.2 Å². The molecule has 1 heterocycles. The number of sulfonamides is 1. The molecule has 0 aliphatic rings. The number of aryl methyl sites for hydroxylation is 1. The van der Waals surface area contributed by atoms with E-state index >= 15 is 0 Å². The Kier molecular flexibility index (Phi) is 5.90.